The topological polar surface area (TPSA) is 88.9 Å². The third-order valence-corrected chi connectivity index (χ3v) is 3.97. The molecule has 1 heterocycles. The molecule has 0 aliphatic rings. The summed E-state index contributed by atoms with van der Waals surface area (Å²) in [5, 5.41) is 20.2. The molecule has 2 rings (SSSR count). The van der Waals surface area contributed by atoms with Gasteiger partial charge in [0.1, 0.15) is 22.8 Å². The van der Waals surface area contributed by atoms with Crippen molar-refractivity contribution in [2.75, 3.05) is 14.2 Å². The van der Waals surface area contributed by atoms with Crippen molar-refractivity contribution in [1.29, 1.82) is 0 Å². The number of hydrogen-bond donors (Lipinski definition) is 2. The molecule has 6 heteroatoms. The van der Waals surface area contributed by atoms with Crippen molar-refractivity contribution < 1.29 is 24.5 Å². The van der Waals surface area contributed by atoms with E-state index in [1.165, 1.54) is 7.11 Å². The van der Waals surface area contributed by atoms with Gasteiger partial charge in [-0.25, -0.2) is 4.79 Å². The van der Waals surface area contributed by atoms with Crippen LogP contribution in [0.25, 0.3) is 12.2 Å². The predicted molar refractivity (Wildman–Crippen MR) is 104 cm³/mol. The number of allylic oxidation sites excluding steroid dienone is 2. The highest BCUT2D eigenvalue weighted by atomic mass is 16.5. The van der Waals surface area contributed by atoms with Gasteiger partial charge < -0.3 is 19.7 Å². The fourth-order valence-corrected chi connectivity index (χ4v) is 2.57. The van der Waals surface area contributed by atoms with Crippen molar-refractivity contribution in [3.05, 3.63) is 58.4 Å². The lowest BCUT2D eigenvalue weighted by Crippen LogP contribution is -2.04. The fourth-order valence-electron chi connectivity index (χ4n) is 2.57. The third-order valence-electron chi connectivity index (χ3n) is 3.97. The maximum Gasteiger partial charge on any atom is 0.340 e. The molecule has 142 valence electrons. The Hall–Kier alpha value is -3.28. The van der Waals surface area contributed by atoms with E-state index in [-0.39, 0.29) is 11.3 Å². The van der Waals surface area contributed by atoms with Crippen molar-refractivity contribution in [1.82, 2.24) is 4.98 Å². The second-order valence-corrected chi connectivity index (χ2v) is 6.15. The molecule has 0 spiro atoms. The van der Waals surface area contributed by atoms with Crippen LogP contribution in [-0.4, -0.2) is 35.4 Å². The Kier molecular flexibility index (Phi) is 6.60. The van der Waals surface area contributed by atoms with Crippen molar-refractivity contribution >= 4 is 18.1 Å². The van der Waals surface area contributed by atoms with E-state index in [2.05, 4.69) is 4.98 Å². The summed E-state index contributed by atoms with van der Waals surface area (Å²) in [6.07, 6.45) is 8.79. The summed E-state index contributed by atoms with van der Waals surface area (Å²) < 4.78 is 10.5. The van der Waals surface area contributed by atoms with Gasteiger partial charge in [-0.1, -0.05) is 23.8 Å². The number of aromatic carboxylic acids is 1. The van der Waals surface area contributed by atoms with Gasteiger partial charge in [0.15, 0.2) is 0 Å². The van der Waals surface area contributed by atoms with E-state index in [0.29, 0.717) is 29.0 Å². The number of benzene rings is 1. The highest BCUT2D eigenvalue weighted by Gasteiger charge is 2.21. The Morgan fingerprint density at radius 3 is 2.48 bits per heavy atom. The van der Waals surface area contributed by atoms with Crippen LogP contribution >= 0.6 is 0 Å². The zero-order valence-electron chi connectivity index (χ0n) is 15.8. The largest absolute Gasteiger partial charge is 0.507 e. The Balaban J connectivity index is 2.54. The quantitative estimate of drug-likeness (QED) is 0.712. The molecule has 0 radical (unpaired) electrons. The van der Waals surface area contributed by atoms with Gasteiger partial charge in [-0.3, -0.25) is 4.98 Å². The first kappa shape index (κ1) is 20.0. The van der Waals surface area contributed by atoms with Crippen molar-refractivity contribution in [2.45, 2.75) is 20.3 Å². The highest BCUT2D eigenvalue weighted by molar-refractivity contribution is 5.97. The number of carboxylic acid groups (broad SMARTS) is 1. The molecule has 0 saturated heterocycles. The average molecular weight is 369 g/mol. The van der Waals surface area contributed by atoms with Crippen molar-refractivity contribution in [2.24, 2.45) is 0 Å². The van der Waals surface area contributed by atoms with Crippen LogP contribution in [0.5, 0.6) is 17.2 Å². The van der Waals surface area contributed by atoms with Crippen LogP contribution in [0.2, 0.25) is 0 Å². The van der Waals surface area contributed by atoms with E-state index in [1.807, 2.05) is 19.9 Å². The zero-order valence-corrected chi connectivity index (χ0v) is 15.8. The molecule has 0 unspecified atom stereocenters. The van der Waals surface area contributed by atoms with Gasteiger partial charge in [0.2, 0.25) is 0 Å². The number of aromatic nitrogens is 1. The maximum atomic E-state index is 11.8. The number of ether oxygens (including phenoxy) is 2. The minimum atomic E-state index is -1.21. The van der Waals surface area contributed by atoms with Gasteiger partial charge in [-0.2, -0.15) is 0 Å². The summed E-state index contributed by atoms with van der Waals surface area (Å²) in [6, 6.07) is 3.38. The van der Waals surface area contributed by atoms with Gasteiger partial charge in [0, 0.05) is 11.8 Å². The third kappa shape index (κ3) is 4.88. The summed E-state index contributed by atoms with van der Waals surface area (Å²) in [5.74, 6) is -0.480. The van der Waals surface area contributed by atoms with Gasteiger partial charge in [0.25, 0.3) is 0 Å². The molecular weight excluding hydrogens is 346 g/mol. The molecule has 6 nitrogen and oxygen atoms in total. The number of phenols is 1. The normalized spacial score (nSPS) is 10.7. The standard InChI is InChI=1S/C21H23NO5/c1-13(2)5-8-17-18(27-4)10-15(19(20(17)23)21(24)25)7-6-14-9-16(26-3)12-22-11-14/h5-7,9-12,23H,8H2,1-4H3,(H,24,25)/b7-6+. The lowest BCUT2D eigenvalue weighted by atomic mass is 9.97. The second kappa shape index (κ2) is 8.89. The molecule has 2 N–H and O–H groups in total. The monoisotopic (exact) mass is 369 g/mol. The Morgan fingerprint density at radius 2 is 1.89 bits per heavy atom. The van der Waals surface area contributed by atoms with E-state index in [0.717, 1.165) is 11.1 Å². The molecule has 0 amide bonds. The number of pyridine rings is 1. The van der Waals surface area contributed by atoms with E-state index in [4.69, 9.17) is 9.47 Å². The van der Waals surface area contributed by atoms with Crippen molar-refractivity contribution in [3.63, 3.8) is 0 Å². The Morgan fingerprint density at radius 1 is 1.15 bits per heavy atom. The minimum Gasteiger partial charge on any atom is -0.507 e. The van der Waals surface area contributed by atoms with Crippen LogP contribution in [-0.2, 0) is 6.42 Å². The van der Waals surface area contributed by atoms with Crippen molar-refractivity contribution in [3.8, 4) is 17.2 Å². The smallest absolute Gasteiger partial charge is 0.340 e. The molecule has 0 aliphatic carbocycles. The van der Waals surface area contributed by atoms with Gasteiger partial charge >= 0.3 is 5.97 Å². The molecule has 0 fully saturated rings. The number of hydrogen-bond acceptors (Lipinski definition) is 5. The van der Waals surface area contributed by atoms with E-state index < -0.39 is 5.97 Å². The molecule has 1 aromatic heterocycles. The molecule has 27 heavy (non-hydrogen) atoms. The molecular formula is C21H23NO5. The highest BCUT2D eigenvalue weighted by Crippen LogP contribution is 2.36. The van der Waals surface area contributed by atoms with Crippen LogP contribution in [0.1, 0.15) is 40.9 Å². The Bertz CT molecular complexity index is 896. The summed E-state index contributed by atoms with van der Waals surface area (Å²) in [7, 11) is 3.03. The lowest BCUT2D eigenvalue weighted by molar-refractivity contribution is 0.0693. The van der Waals surface area contributed by atoms with Crippen LogP contribution < -0.4 is 9.47 Å². The number of aromatic hydroxyl groups is 1. The molecule has 0 bridgehead atoms. The van der Waals surface area contributed by atoms with Gasteiger partial charge in [-0.05, 0) is 43.5 Å². The summed E-state index contributed by atoms with van der Waals surface area (Å²) in [5.41, 5.74) is 2.40. The minimum absolute atomic E-state index is 0.167. The fraction of sp³-hybridized carbons (Fsp3) is 0.238. The average Bonchev–Trinajstić information content (AvgIpc) is 2.64. The first-order chi connectivity index (χ1) is 12.9. The number of methoxy groups -OCH3 is 2. The number of carboxylic acids is 1. The Labute approximate surface area is 158 Å². The van der Waals surface area contributed by atoms with Crippen LogP contribution in [0.4, 0.5) is 0 Å². The number of carbonyl (C=O) groups is 1. The summed E-state index contributed by atoms with van der Waals surface area (Å²) in [4.78, 5) is 15.8. The molecule has 2 aromatic rings. The van der Waals surface area contributed by atoms with Crippen LogP contribution in [0.3, 0.4) is 0 Å². The summed E-state index contributed by atoms with van der Waals surface area (Å²) >= 11 is 0. The van der Waals surface area contributed by atoms with Crippen LogP contribution in [0.15, 0.2) is 36.2 Å². The van der Waals surface area contributed by atoms with Crippen LogP contribution in [0, 0.1) is 0 Å². The van der Waals surface area contributed by atoms with Gasteiger partial charge in [0.05, 0.1) is 20.4 Å². The first-order valence-electron chi connectivity index (χ1n) is 8.34. The number of nitrogens with zero attached hydrogens (tertiary/aromatic N) is 1. The first-order valence-corrected chi connectivity index (χ1v) is 8.34. The molecule has 0 saturated carbocycles. The molecule has 0 aliphatic heterocycles. The van der Waals surface area contributed by atoms with Gasteiger partial charge in [-0.15, -0.1) is 0 Å². The number of rotatable bonds is 7. The van der Waals surface area contributed by atoms with E-state index >= 15 is 0 Å². The second-order valence-electron chi connectivity index (χ2n) is 6.15. The molecule has 1 aromatic carbocycles. The summed E-state index contributed by atoms with van der Waals surface area (Å²) in [6.45, 7) is 3.86. The predicted octanol–water partition coefficient (Wildman–Crippen LogP) is 4.18. The molecule has 0 atom stereocenters. The van der Waals surface area contributed by atoms with E-state index in [9.17, 15) is 15.0 Å². The van der Waals surface area contributed by atoms with E-state index in [1.54, 1.807) is 43.8 Å². The lowest BCUT2D eigenvalue weighted by Gasteiger charge is -2.14. The maximum absolute atomic E-state index is 11.8. The zero-order chi connectivity index (χ0) is 20.0. The SMILES string of the molecule is COc1cncc(/C=C/c2cc(OC)c(CC=C(C)C)c(O)c2C(=O)O)c1.